The number of hydrogen-bond acceptors (Lipinski definition) is 3. The lowest BCUT2D eigenvalue weighted by Crippen LogP contribution is -2.17. The van der Waals surface area contributed by atoms with Crippen molar-refractivity contribution in [2.45, 2.75) is 26.3 Å². The molecule has 0 saturated heterocycles. The predicted molar refractivity (Wildman–Crippen MR) is 79.8 cm³/mol. The summed E-state index contributed by atoms with van der Waals surface area (Å²) >= 11 is 0. The average Bonchev–Trinajstić information content (AvgIpc) is 2.79. The first kappa shape index (κ1) is 12.9. The highest BCUT2D eigenvalue weighted by Crippen LogP contribution is 2.22. The van der Waals surface area contributed by atoms with E-state index >= 15 is 0 Å². The van der Waals surface area contributed by atoms with Crippen LogP contribution in [0.3, 0.4) is 0 Å². The van der Waals surface area contributed by atoms with Gasteiger partial charge in [0.2, 0.25) is 5.90 Å². The zero-order valence-corrected chi connectivity index (χ0v) is 11.7. The Balaban J connectivity index is 1.93. The van der Waals surface area contributed by atoms with Crippen LogP contribution in [0.25, 0.3) is 10.8 Å². The second-order valence-corrected chi connectivity index (χ2v) is 5.56. The van der Waals surface area contributed by atoms with Gasteiger partial charge in [0, 0.05) is 5.56 Å². The molecule has 0 amide bonds. The van der Waals surface area contributed by atoms with E-state index in [9.17, 15) is 4.79 Å². The van der Waals surface area contributed by atoms with E-state index in [0.717, 1.165) is 17.4 Å². The third kappa shape index (κ3) is 2.44. The Morgan fingerprint density at radius 3 is 2.65 bits per heavy atom. The molecule has 20 heavy (non-hydrogen) atoms. The molecule has 3 heteroatoms. The van der Waals surface area contributed by atoms with E-state index in [0.29, 0.717) is 11.8 Å². The molecule has 0 aromatic heterocycles. The van der Waals surface area contributed by atoms with Crippen molar-refractivity contribution in [1.29, 1.82) is 0 Å². The zero-order chi connectivity index (χ0) is 14.1. The molecule has 0 fully saturated rings. The summed E-state index contributed by atoms with van der Waals surface area (Å²) in [4.78, 5) is 16.3. The standard InChI is InChI=1S/C17H17NO2/c1-11(2)9-15-17(19)20-16(18-15)14-8-7-12-5-3-4-6-13(12)10-14/h3-8,10-11,15H,9H2,1-2H3. The maximum atomic E-state index is 11.8. The topological polar surface area (TPSA) is 38.7 Å². The van der Waals surface area contributed by atoms with Crippen molar-refractivity contribution in [3.05, 3.63) is 48.0 Å². The smallest absolute Gasteiger partial charge is 0.337 e. The Hall–Kier alpha value is -2.16. The summed E-state index contributed by atoms with van der Waals surface area (Å²) in [5.41, 5.74) is 0.864. The van der Waals surface area contributed by atoms with Gasteiger partial charge in [0.05, 0.1) is 0 Å². The number of aliphatic imine (C=N–C) groups is 1. The van der Waals surface area contributed by atoms with Crippen LogP contribution in [-0.2, 0) is 9.53 Å². The number of ether oxygens (including phenoxy) is 1. The fourth-order valence-electron chi connectivity index (χ4n) is 2.44. The molecule has 3 rings (SSSR count). The van der Waals surface area contributed by atoms with Crippen molar-refractivity contribution in [2.75, 3.05) is 0 Å². The van der Waals surface area contributed by atoms with Gasteiger partial charge in [0.1, 0.15) is 0 Å². The van der Waals surface area contributed by atoms with Gasteiger partial charge in [-0.15, -0.1) is 0 Å². The van der Waals surface area contributed by atoms with Crippen LogP contribution in [0.5, 0.6) is 0 Å². The first-order valence-corrected chi connectivity index (χ1v) is 6.92. The first-order valence-electron chi connectivity index (χ1n) is 6.92. The summed E-state index contributed by atoms with van der Waals surface area (Å²) in [5, 5.41) is 2.29. The van der Waals surface area contributed by atoms with Gasteiger partial charge in [0.25, 0.3) is 0 Å². The minimum absolute atomic E-state index is 0.234. The number of cyclic esters (lactones) is 1. The van der Waals surface area contributed by atoms with Crippen molar-refractivity contribution >= 4 is 22.6 Å². The number of carbonyl (C=O) groups excluding carboxylic acids is 1. The first-order chi connectivity index (χ1) is 9.63. The zero-order valence-electron chi connectivity index (χ0n) is 11.7. The number of nitrogens with zero attached hydrogens (tertiary/aromatic N) is 1. The monoisotopic (exact) mass is 267 g/mol. The minimum atomic E-state index is -0.350. The van der Waals surface area contributed by atoms with E-state index in [1.54, 1.807) is 0 Å². The summed E-state index contributed by atoms with van der Waals surface area (Å²) in [6.45, 7) is 4.16. The Morgan fingerprint density at radius 2 is 1.90 bits per heavy atom. The molecule has 0 aliphatic carbocycles. The number of rotatable bonds is 3. The molecule has 1 atom stereocenters. The van der Waals surface area contributed by atoms with E-state index < -0.39 is 0 Å². The number of benzene rings is 2. The Morgan fingerprint density at radius 1 is 1.15 bits per heavy atom. The molecule has 0 radical (unpaired) electrons. The third-order valence-corrected chi connectivity index (χ3v) is 3.43. The molecule has 1 heterocycles. The van der Waals surface area contributed by atoms with Crippen LogP contribution < -0.4 is 0 Å². The molecule has 1 aliphatic heterocycles. The number of carbonyl (C=O) groups is 1. The molecule has 1 unspecified atom stereocenters. The maximum Gasteiger partial charge on any atom is 0.337 e. The van der Waals surface area contributed by atoms with E-state index in [4.69, 9.17) is 4.74 Å². The van der Waals surface area contributed by atoms with Gasteiger partial charge in [0.15, 0.2) is 6.04 Å². The highest BCUT2D eigenvalue weighted by atomic mass is 16.6. The molecular formula is C17H17NO2. The Kier molecular flexibility index (Phi) is 3.26. The molecule has 0 spiro atoms. The summed E-state index contributed by atoms with van der Waals surface area (Å²) in [7, 11) is 0. The van der Waals surface area contributed by atoms with Gasteiger partial charge >= 0.3 is 5.97 Å². The van der Waals surface area contributed by atoms with Crippen molar-refractivity contribution in [3.8, 4) is 0 Å². The Labute approximate surface area is 118 Å². The van der Waals surface area contributed by atoms with Crippen molar-refractivity contribution in [3.63, 3.8) is 0 Å². The molecule has 0 N–H and O–H groups in total. The fraction of sp³-hybridized carbons (Fsp3) is 0.294. The summed E-state index contributed by atoms with van der Waals surface area (Å²) in [6, 6.07) is 13.7. The molecular weight excluding hydrogens is 250 g/mol. The highest BCUT2D eigenvalue weighted by Gasteiger charge is 2.30. The van der Waals surface area contributed by atoms with Gasteiger partial charge in [-0.2, -0.15) is 0 Å². The maximum absolute atomic E-state index is 11.8. The fourth-order valence-corrected chi connectivity index (χ4v) is 2.44. The van der Waals surface area contributed by atoms with Gasteiger partial charge in [-0.3, -0.25) is 0 Å². The van der Waals surface area contributed by atoms with Crippen molar-refractivity contribution in [1.82, 2.24) is 0 Å². The minimum Gasteiger partial charge on any atom is -0.406 e. The largest absolute Gasteiger partial charge is 0.406 e. The van der Waals surface area contributed by atoms with Crippen LogP contribution >= 0.6 is 0 Å². The van der Waals surface area contributed by atoms with E-state index in [2.05, 4.69) is 24.9 Å². The molecule has 0 saturated carbocycles. The molecule has 1 aliphatic rings. The van der Waals surface area contributed by atoms with E-state index in [-0.39, 0.29) is 12.0 Å². The molecule has 3 nitrogen and oxygen atoms in total. The quantitative estimate of drug-likeness (QED) is 0.798. The number of esters is 1. The highest BCUT2D eigenvalue weighted by molar-refractivity contribution is 6.07. The lowest BCUT2D eigenvalue weighted by Gasteiger charge is -2.05. The second-order valence-electron chi connectivity index (χ2n) is 5.56. The van der Waals surface area contributed by atoms with Crippen molar-refractivity contribution < 1.29 is 9.53 Å². The molecule has 0 bridgehead atoms. The number of fused-ring (bicyclic) bond motifs is 1. The van der Waals surface area contributed by atoms with E-state index in [1.807, 2.05) is 36.4 Å². The van der Waals surface area contributed by atoms with Crippen LogP contribution in [0.2, 0.25) is 0 Å². The van der Waals surface area contributed by atoms with Crippen LogP contribution in [0, 0.1) is 5.92 Å². The Bertz CT molecular complexity index is 688. The van der Waals surface area contributed by atoms with Crippen LogP contribution in [-0.4, -0.2) is 17.9 Å². The second kappa shape index (κ2) is 5.08. The van der Waals surface area contributed by atoms with Gasteiger partial charge in [-0.25, -0.2) is 9.79 Å². The summed E-state index contributed by atoms with van der Waals surface area (Å²) in [6.07, 6.45) is 0.732. The molecule has 102 valence electrons. The lowest BCUT2D eigenvalue weighted by atomic mass is 10.0. The van der Waals surface area contributed by atoms with E-state index in [1.165, 1.54) is 5.39 Å². The summed E-state index contributed by atoms with van der Waals surface area (Å²) in [5.74, 6) is 0.639. The summed E-state index contributed by atoms with van der Waals surface area (Å²) < 4.78 is 5.32. The van der Waals surface area contributed by atoms with Gasteiger partial charge < -0.3 is 4.74 Å². The third-order valence-electron chi connectivity index (χ3n) is 3.43. The van der Waals surface area contributed by atoms with Crippen LogP contribution in [0.1, 0.15) is 25.8 Å². The van der Waals surface area contributed by atoms with Gasteiger partial charge in [-0.1, -0.05) is 44.2 Å². The van der Waals surface area contributed by atoms with Crippen LogP contribution in [0.4, 0.5) is 0 Å². The molecule has 2 aromatic carbocycles. The number of hydrogen-bond donors (Lipinski definition) is 0. The molecule has 2 aromatic rings. The average molecular weight is 267 g/mol. The lowest BCUT2D eigenvalue weighted by molar-refractivity contribution is -0.135. The van der Waals surface area contributed by atoms with Crippen molar-refractivity contribution in [2.24, 2.45) is 10.9 Å². The SMILES string of the molecule is CC(C)CC1N=C(c2ccc3ccccc3c2)OC1=O. The normalized spacial score (nSPS) is 18.4. The van der Waals surface area contributed by atoms with Gasteiger partial charge in [-0.05, 0) is 35.2 Å². The predicted octanol–water partition coefficient (Wildman–Crippen LogP) is 3.56. The van der Waals surface area contributed by atoms with Crippen LogP contribution in [0.15, 0.2) is 47.5 Å².